The van der Waals surface area contributed by atoms with Gasteiger partial charge in [-0.2, -0.15) is 0 Å². The number of hydrogen-bond acceptors (Lipinski definition) is 1. The Labute approximate surface area is 92.2 Å². The number of alkyl halides is 2. The molecule has 1 aromatic carbocycles. The summed E-state index contributed by atoms with van der Waals surface area (Å²) < 4.78 is 26.6. The van der Waals surface area contributed by atoms with Crippen LogP contribution in [0.5, 0.6) is 0 Å². The Bertz CT molecular complexity index is 397. The predicted molar refractivity (Wildman–Crippen MR) is 57.3 cm³/mol. The molecule has 4 heteroatoms. The number of benzene rings is 1. The molecule has 16 heavy (non-hydrogen) atoms. The summed E-state index contributed by atoms with van der Waals surface area (Å²) in [6, 6.07) is 8.60. The minimum atomic E-state index is -3.30. The average molecular weight is 226 g/mol. The molecule has 1 N–H and O–H groups in total. The van der Waals surface area contributed by atoms with E-state index in [-0.39, 0.29) is 5.57 Å². The maximum absolute atomic E-state index is 13.3. The van der Waals surface area contributed by atoms with Gasteiger partial charge in [0.25, 0.3) is 5.92 Å². The summed E-state index contributed by atoms with van der Waals surface area (Å²) in [7, 11) is 0. The number of carbonyl (C=O) groups is 1. The van der Waals surface area contributed by atoms with Crippen molar-refractivity contribution >= 4 is 12.0 Å². The molecule has 0 spiro atoms. The molecule has 0 aliphatic carbocycles. The first-order valence-corrected chi connectivity index (χ1v) is 4.75. The van der Waals surface area contributed by atoms with E-state index in [0.29, 0.717) is 5.56 Å². The molecular formula is C12H12F2O2. The zero-order valence-corrected chi connectivity index (χ0v) is 8.78. The van der Waals surface area contributed by atoms with Crippen LogP contribution >= 0.6 is 0 Å². The molecular weight excluding hydrogens is 214 g/mol. The minimum Gasteiger partial charge on any atom is -0.481 e. The monoisotopic (exact) mass is 226 g/mol. The first kappa shape index (κ1) is 12.4. The Balaban J connectivity index is 2.88. The second-order valence-electron chi connectivity index (χ2n) is 3.51. The summed E-state index contributed by atoms with van der Waals surface area (Å²) >= 11 is 0. The van der Waals surface area contributed by atoms with E-state index in [1.54, 1.807) is 30.3 Å². The van der Waals surface area contributed by atoms with Gasteiger partial charge in [0.2, 0.25) is 0 Å². The average Bonchev–Trinajstić information content (AvgIpc) is 2.17. The molecule has 0 amide bonds. The van der Waals surface area contributed by atoms with Crippen molar-refractivity contribution in [3.05, 3.63) is 41.5 Å². The summed E-state index contributed by atoms with van der Waals surface area (Å²) in [5, 5.41) is 8.36. The fraction of sp³-hybridized carbons (Fsp3) is 0.250. The Hall–Kier alpha value is -1.71. The van der Waals surface area contributed by atoms with Gasteiger partial charge < -0.3 is 5.11 Å². The van der Waals surface area contributed by atoms with Crippen molar-refractivity contribution in [1.82, 2.24) is 0 Å². The van der Waals surface area contributed by atoms with Crippen LogP contribution in [-0.4, -0.2) is 17.0 Å². The normalized spacial score (nSPS) is 12.6. The molecule has 0 saturated heterocycles. The Morgan fingerprint density at radius 1 is 1.38 bits per heavy atom. The Kier molecular flexibility index (Phi) is 3.77. The highest BCUT2D eigenvalue weighted by Gasteiger charge is 2.34. The number of carboxylic acids is 1. The molecule has 0 unspecified atom stereocenters. The van der Waals surface area contributed by atoms with Crippen LogP contribution in [0.1, 0.15) is 18.9 Å². The van der Waals surface area contributed by atoms with Gasteiger partial charge in [-0.3, -0.25) is 4.79 Å². The van der Waals surface area contributed by atoms with Crippen molar-refractivity contribution in [3.63, 3.8) is 0 Å². The maximum atomic E-state index is 13.3. The Morgan fingerprint density at radius 2 is 1.94 bits per heavy atom. The summed E-state index contributed by atoms with van der Waals surface area (Å²) in [5.74, 6) is -4.81. The topological polar surface area (TPSA) is 37.3 Å². The fourth-order valence-electron chi connectivity index (χ4n) is 1.23. The second-order valence-corrected chi connectivity index (χ2v) is 3.51. The summed E-state index contributed by atoms with van der Waals surface area (Å²) in [5.41, 5.74) is 0.381. The lowest BCUT2D eigenvalue weighted by molar-refractivity contribution is -0.142. The molecule has 0 fully saturated rings. The maximum Gasteiger partial charge on any atom is 0.309 e. The molecule has 0 bridgehead atoms. The molecule has 0 saturated carbocycles. The molecule has 1 aromatic rings. The number of halogens is 2. The van der Waals surface area contributed by atoms with Crippen molar-refractivity contribution in [2.24, 2.45) is 0 Å². The third kappa shape index (κ3) is 3.46. The van der Waals surface area contributed by atoms with Gasteiger partial charge in [-0.1, -0.05) is 36.4 Å². The van der Waals surface area contributed by atoms with Crippen LogP contribution in [0.3, 0.4) is 0 Å². The lowest BCUT2D eigenvalue weighted by atomic mass is 10.0. The van der Waals surface area contributed by atoms with E-state index >= 15 is 0 Å². The zero-order valence-electron chi connectivity index (χ0n) is 8.78. The molecule has 0 heterocycles. The summed E-state index contributed by atoms with van der Waals surface area (Å²) in [4.78, 5) is 10.3. The highest BCUT2D eigenvalue weighted by atomic mass is 19.3. The number of rotatable bonds is 4. The van der Waals surface area contributed by atoms with E-state index in [9.17, 15) is 13.6 Å². The van der Waals surface area contributed by atoms with Crippen molar-refractivity contribution in [1.29, 1.82) is 0 Å². The van der Waals surface area contributed by atoms with Gasteiger partial charge in [0.1, 0.15) is 6.42 Å². The van der Waals surface area contributed by atoms with Crippen molar-refractivity contribution in [2.45, 2.75) is 19.3 Å². The van der Waals surface area contributed by atoms with Gasteiger partial charge >= 0.3 is 5.97 Å². The Morgan fingerprint density at radius 3 is 2.44 bits per heavy atom. The summed E-state index contributed by atoms with van der Waals surface area (Å²) in [6.07, 6.45) is 0.116. The van der Waals surface area contributed by atoms with E-state index in [1.165, 1.54) is 13.0 Å². The quantitative estimate of drug-likeness (QED) is 0.855. The highest BCUT2D eigenvalue weighted by molar-refractivity contribution is 5.69. The van der Waals surface area contributed by atoms with E-state index in [0.717, 1.165) is 0 Å². The second kappa shape index (κ2) is 4.88. The van der Waals surface area contributed by atoms with Crippen LogP contribution in [0.25, 0.3) is 6.08 Å². The van der Waals surface area contributed by atoms with E-state index in [2.05, 4.69) is 0 Å². The number of hydrogen-bond donors (Lipinski definition) is 1. The standard InChI is InChI=1S/C12H12F2O2/c1-9(12(13,14)8-11(15)16)7-10-5-3-2-4-6-10/h2-7H,8H2,1H3,(H,15,16)/b9-7+. The molecule has 86 valence electrons. The lowest BCUT2D eigenvalue weighted by Crippen LogP contribution is -2.22. The number of carboxylic acid groups (broad SMARTS) is 1. The van der Waals surface area contributed by atoms with Gasteiger partial charge in [-0.05, 0) is 18.1 Å². The molecule has 2 nitrogen and oxygen atoms in total. The molecule has 1 rings (SSSR count). The third-order valence-corrected chi connectivity index (χ3v) is 2.13. The third-order valence-electron chi connectivity index (χ3n) is 2.13. The fourth-order valence-corrected chi connectivity index (χ4v) is 1.23. The van der Waals surface area contributed by atoms with Gasteiger partial charge in [0.15, 0.2) is 0 Å². The SMILES string of the molecule is C/C(=C\c1ccccc1)C(F)(F)CC(=O)O. The first-order chi connectivity index (χ1) is 7.42. The van der Waals surface area contributed by atoms with Crippen LogP contribution in [0, 0.1) is 0 Å². The van der Waals surface area contributed by atoms with Crippen molar-refractivity contribution < 1.29 is 18.7 Å². The zero-order chi connectivity index (χ0) is 12.2. The predicted octanol–water partition coefficient (Wildman–Crippen LogP) is 3.20. The largest absolute Gasteiger partial charge is 0.481 e. The van der Waals surface area contributed by atoms with Gasteiger partial charge in [0.05, 0.1) is 0 Å². The highest BCUT2D eigenvalue weighted by Crippen LogP contribution is 2.29. The van der Waals surface area contributed by atoms with E-state index < -0.39 is 18.3 Å². The van der Waals surface area contributed by atoms with Crippen LogP contribution in [0.2, 0.25) is 0 Å². The molecule has 0 atom stereocenters. The number of allylic oxidation sites excluding steroid dienone is 1. The minimum absolute atomic E-state index is 0.249. The van der Waals surface area contributed by atoms with Gasteiger partial charge in [-0.15, -0.1) is 0 Å². The van der Waals surface area contributed by atoms with Crippen LogP contribution in [0.15, 0.2) is 35.9 Å². The summed E-state index contributed by atoms with van der Waals surface area (Å²) in [6.45, 7) is 1.23. The number of aliphatic carboxylic acids is 1. The molecule has 0 aromatic heterocycles. The van der Waals surface area contributed by atoms with Crippen LogP contribution < -0.4 is 0 Å². The lowest BCUT2D eigenvalue weighted by Gasteiger charge is -2.14. The molecule has 0 aliphatic rings. The van der Waals surface area contributed by atoms with Crippen LogP contribution in [-0.2, 0) is 4.79 Å². The molecule has 0 aliphatic heterocycles. The van der Waals surface area contributed by atoms with Crippen molar-refractivity contribution in [3.8, 4) is 0 Å². The van der Waals surface area contributed by atoms with Crippen LogP contribution in [0.4, 0.5) is 8.78 Å². The van der Waals surface area contributed by atoms with Gasteiger partial charge in [-0.25, -0.2) is 8.78 Å². The van der Waals surface area contributed by atoms with E-state index in [1.807, 2.05) is 0 Å². The van der Waals surface area contributed by atoms with E-state index in [4.69, 9.17) is 5.11 Å². The first-order valence-electron chi connectivity index (χ1n) is 4.75. The molecule has 0 radical (unpaired) electrons. The van der Waals surface area contributed by atoms with Crippen molar-refractivity contribution in [2.75, 3.05) is 0 Å². The smallest absolute Gasteiger partial charge is 0.309 e. The van der Waals surface area contributed by atoms with Gasteiger partial charge in [0, 0.05) is 0 Å².